The van der Waals surface area contributed by atoms with Crippen LogP contribution in [0.3, 0.4) is 0 Å². The van der Waals surface area contributed by atoms with Crippen molar-refractivity contribution in [1.29, 1.82) is 0 Å². The first-order valence-electron chi connectivity index (χ1n) is 4.93. The maximum atomic E-state index is 11.1. The van der Waals surface area contributed by atoms with Crippen LogP contribution in [-0.2, 0) is 9.53 Å². The van der Waals surface area contributed by atoms with Gasteiger partial charge in [-0.3, -0.25) is 0 Å². The topological polar surface area (TPSA) is 63.6 Å². The molecule has 0 saturated carbocycles. The number of carboxylic acids is 1. The Bertz CT molecular complexity index is 466. The summed E-state index contributed by atoms with van der Waals surface area (Å²) in [5, 5.41) is 9.11. The molecule has 1 aromatic rings. The lowest BCUT2D eigenvalue weighted by Crippen LogP contribution is -2.02. The number of carboxylic acid groups (broad SMARTS) is 1. The Morgan fingerprint density at radius 2 is 2.18 bits per heavy atom. The highest BCUT2D eigenvalue weighted by atomic mass is 35.5. The fourth-order valence-electron chi connectivity index (χ4n) is 1.25. The van der Waals surface area contributed by atoms with Crippen LogP contribution < -0.4 is 0 Å². The smallest absolute Gasteiger partial charge is 0.337 e. The molecule has 0 amide bonds. The van der Waals surface area contributed by atoms with Crippen LogP contribution in [0.4, 0.5) is 0 Å². The highest BCUT2D eigenvalue weighted by Gasteiger charge is 2.12. The lowest BCUT2D eigenvalue weighted by Gasteiger charge is -2.03. The van der Waals surface area contributed by atoms with Gasteiger partial charge in [-0.25, -0.2) is 9.59 Å². The minimum Gasteiger partial charge on any atom is -0.478 e. The fraction of sp³-hybridized carbons (Fsp3) is 0.167. The second-order valence-corrected chi connectivity index (χ2v) is 3.50. The van der Waals surface area contributed by atoms with Crippen molar-refractivity contribution in [2.75, 3.05) is 6.61 Å². The van der Waals surface area contributed by atoms with E-state index in [9.17, 15) is 9.59 Å². The lowest BCUT2D eigenvalue weighted by atomic mass is 10.1. The molecule has 0 saturated heterocycles. The van der Waals surface area contributed by atoms with Crippen molar-refractivity contribution in [3.63, 3.8) is 0 Å². The zero-order chi connectivity index (χ0) is 12.8. The van der Waals surface area contributed by atoms with Gasteiger partial charge in [-0.2, -0.15) is 0 Å². The molecular weight excluding hydrogens is 244 g/mol. The average molecular weight is 255 g/mol. The van der Waals surface area contributed by atoms with Gasteiger partial charge in [-0.15, -0.1) is 0 Å². The third-order valence-electron chi connectivity index (χ3n) is 1.95. The van der Waals surface area contributed by atoms with E-state index in [1.165, 1.54) is 18.2 Å². The highest BCUT2D eigenvalue weighted by Crippen LogP contribution is 2.21. The molecule has 0 unspecified atom stereocenters. The van der Waals surface area contributed by atoms with Crippen molar-refractivity contribution < 1.29 is 19.4 Å². The van der Waals surface area contributed by atoms with E-state index < -0.39 is 11.9 Å². The van der Waals surface area contributed by atoms with Gasteiger partial charge in [0.1, 0.15) is 0 Å². The van der Waals surface area contributed by atoms with Crippen molar-refractivity contribution in [3.05, 3.63) is 40.4 Å². The first-order chi connectivity index (χ1) is 8.06. The standard InChI is InChI=1S/C12H11ClO4/c1-2-17-10(14)7-6-8-4-3-5-9(13)11(8)12(15)16/h3-7H,2H2,1H3,(H,15,16). The summed E-state index contributed by atoms with van der Waals surface area (Å²) in [7, 11) is 0. The molecule has 1 rings (SSSR count). The molecule has 0 aliphatic rings. The number of carbonyl (C=O) groups is 2. The summed E-state index contributed by atoms with van der Waals surface area (Å²) < 4.78 is 4.69. The lowest BCUT2D eigenvalue weighted by molar-refractivity contribution is -0.137. The molecule has 1 aromatic carbocycles. The number of ether oxygens (including phenoxy) is 1. The quantitative estimate of drug-likeness (QED) is 0.663. The van der Waals surface area contributed by atoms with Crippen molar-refractivity contribution in [2.45, 2.75) is 6.92 Å². The molecule has 5 heteroatoms. The Balaban J connectivity index is 3.02. The van der Waals surface area contributed by atoms with E-state index in [1.807, 2.05) is 0 Å². The van der Waals surface area contributed by atoms with Crippen LogP contribution >= 0.6 is 11.6 Å². The van der Waals surface area contributed by atoms with E-state index >= 15 is 0 Å². The van der Waals surface area contributed by atoms with Gasteiger partial charge in [0.2, 0.25) is 0 Å². The number of aromatic carboxylic acids is 1. The Kier molecular flexibility index (Phi) is 4.72. The Morgan fingerprint density at radius 3 is 2.76 bits per heavy atom. The van der Waals surface area contributed by atoms with Crippen LogP contribution in [0.5, 0.6) is 0 Å². The number of hydrogen-bond donors (Lipinski definition) is 1. The van der Waals surface area contributed by atoms with Crippen LogP contribution in [0.1, 0.15) is 22.8 Å². The molecule has 0 fully saturated rings. The average Bonchev–Trinajstić information content (AvgIpc) is 2.26. The van der Waals surface area contributed by atoms with Crippen molar-refractivity contribution in [1.82, 2.24) is 0 Å². The largest absolute Gasteiger partial charge is 0.478 e. The Labute approximate surface area is 103 Å². The van der Waals surface area contributed by atoms with Crippen molar-refractivity contribution in [2.24, 2.45) is 0 Å². The van der Waals surface area contributed by atoms with Gasteiger partial charge in [0.15, 0.2) is 0 Å². The molecule has 90 valence electrons. The second kappa shape index (κ2) is 6.06. The van der Waals surface area contributed by atoms with Gasteiger partial charge < -0.3 is 9.84 Å². The number of rotatable bonds is 4. The summed E-state index contributed by atoms with van der Waals surface area (Å²) in [4.78, 5) is 22.1. The molecule has 4 nitrogen and oxygen atoms in total. The van der Waals surface area contributed by atoms with Gasteiger partial charge in [-0.05, 0) is 24.6 Å². The highest BCUT2D eigenvalue weighted by molar-refractivity contribution is 6.33. The summed E-state index contributed by atoms with van der Waals surface area (Å²) in [6, 6.07) is 4.65. The molecule has 0 aromatic heterocycles. The first-order valence-corrected chi connectivity index (χ1v) is 5.30. The molecular formula is C12H11ClO4. The molecule has 0 heterocycles. The molecule has 0 atom stereocenters. The number of esters is 1. The monoisotopic (exact) mass is 254 g/mol. The number of benzene rings is 1. The van der Waals surface area contributed by atoms with Crippen LogP contribution in [0, 0.1) is 0 Å². The van der Waals surface area contributed by atoms with E-state index in [-0.39, 0.29) is 17.2 Å². The molecule has 0 aliphatic carbocycles. The van der Waals surface area contributed by atoms with Crippen LogP contribution in [0.25, 0.3) is 6.08 Å². The summed E-state index contributed by atoms with van der Waals surface area (Å²) in [6.07, 6.45) is 2.54. The van der Waals surface area contributed by atoms with E-state index in [0.717, 1.165) is 0 Å². The normalized spacial score (nSPS) is 10.5. The van der Waals surface area contributed by atoms with E-state index in [0.29, 0.717) is 5.56 Å². The van der Waals surface area contributed by atoms with Gasteiger partial charge in [-0.1, -0.05) is 23.7 Å². The van der Waals surface area contributed by atoms with E-state index in [1.54, 1.807) is 19.1 Å². The summed E-state index contributed by atoms with van der Waals surface area (Å²) in [6.45, 7) is 1.96. The van der Waals surface area contributed by atoms with E-state index in [4.69, 9.17) is 16.7 Å². The fourth-order valence-corrected chi connectivity index (χ4v) is 1.52. The maximum absolute atomic E-state index is 11.1. The zero-order valence-electron chi connectivity index (χ0n) is 9.14. The van der Waals surface area contributed by atoms with Crippen molar-refractivity contribution in [3.8, 4) is 0 Å². The predicted octanol–water partition coefficient (Wildman–Crippen LogP) is 2.61. The summed E-state index contributed by atoms with van der Waals surface area (Å²) >= 11 is 5.77. The van der Waals surface area contributed by atoms with Gasteiger partial charge >= 0.3 is 11.9 Å². The third kappa shape index (κ3) is 3.60. The minimum absolute atomic E-state index is 0.0327. The van der Waals surface area contributed by atoms with Crippen molar-refractivity contribution >= 4 is 29.6 Å². The van der Waals surface area contributed by atoms with Gasteiger partial charge in [0.25, 0.3) is 0 Å². The van der Waals surface area contributed by atoms with Gasteiger partial charge in [0.05, 0.1) is 17.2 Å². The Morgan fingerprint density at radius 1 is 1.47 bits per heavy atom. The number of carbonyl (C=O) groups excluding carboxylic acids is 1. The second-order valence-electron chi connectivity index (χ2n) is 3.09. The zero-order valence-corrected chi connectivity index (χ0v) is 9.90. The summed E-state index contributed by atoms with van der Waals surface area (Å²) in [5.41, 5.74) is 0.327. The van der Waals surface area contributed by atoms with Crippen LogP contribution in [0.15, 0.2) is 24.3 Å². The third-order valence-corrected chi connectivity index (χ3v) is 2.26. The first kappa shape index (κ1) is 13.3. The van der Waals surface area contributed by atoms with E-state index in [2.05, 4.69) is 4.74 Å². The Hall–Kier alpha value is -1.81. The van der Waals surface area contributed by atoms with Crippen LogP contribution in [0.2, 0.25) is 5.02 Å². The minimum atomic E-state index is -1.14. The molecule has 0 spiro atoms. The van der Waals surface area contributed by atoms with Gasteiger partial charge in [0, 0.05) is 6.08 Å². The summed E-state index contributed by atoms with van der Waals surface area (Å²) in [5.74, 6) is -1.66. The SMILES string of the molecule is CCOC(=O)C=Cc1cccc(Cl)c1C(=O)O. The molecule has 0 aliphatic heterocycles. The molecule has 1 N–H and O–H groups in total. The molecule has 0 radical (unpaired) electrons. The molecule has 0 bridgehead atoms. The maximum Gasteiger partial charge on any atom is 0.337 e. The number of hydrogen-bond acceptors (Lipinski definition) is 3. The van der Waals surface area contributed by atoms with Crippen LogP contribution in [-0.4, -0.2) is 23.7 Å². The number of halogens is 1. The molecule has 17 heavy (non-hydrogen) atoms. The predicted molar refractivity (Wildman–Crippen MR) is 64.1 cm³/mol.